The summed E-state index contributed by atoms with van der Waals surface area (Å²) in [6.45, 7) is 7.35. The summed E-state index contributed by atoms with van der Waals surface area (Å²) in [6, 6.07) is 7.53. The van der Waals surface area contributed by atoms with E-state index in [1.807, 2.05) is 24.3 Å². The molecular weight excluding hydrogens is 248 g/mol. The smallest absolute Gasteiger partial charge is 0.224 e. The molecule has 1 aromatic carbocycles. The third kappa shape index (κ3) is 6.09. The number of para-hydroxylation sites is 1. The second-order valence-corrected chi connectivity index (χ2v) is 6.27. The largest absolute Gasteiger partial charge is 0.398 e. The molecular formula is C17H28N2O. The van der Waals surface area contributed by atoms with E-state index in [0.29, 0.717) is 12.1 Å². The minimum absolute atomic E-state index is 0.0477. The lowest BCUT2D eigenvalue weighted by atomic mass is 9.87. The zero-order valence-corrected chi connectivity index (χ0v) is 13.0. The van der Waals surface area contributed by atoms with Crippen LogP contribution in [0.5, 0.6) is 0 Å². The number of nitrogens with one attached hydrogen (secondary N) is 1. The van der Waals surface area contributed by atoms with Gasteiger partial charge in [0.25, 0.3) is 0 Å². The van der Waals surface area contributed by atoms with E-state index < -0.39 is 0 Å². The van der Waals surface area contributed by atoms with Gasteiger partial charge < -0.3 is 11.1 Å². The number of hydrogen-bond donors (Lipinski definition) is 2. The summed E-state index contributed by atoms with van der Waals surface area (Å²) in [5.41, 5.74) is 7.59. The lowest BCUT2D eigenvalue weighted by molar-refractivity contribution is -0.120. The van der Waals surface area contributed by atoms with Crippen molar-refractivity contribution in [2.75, 3.05) is 12.3 Å². The molecule has 0 aromatic heterocycles. The molecule has 0 saturated carbocycles. The first kappa shape index (κ1) is 16.5. The standard InChI is InChI=1S/C17H28N2O/c1-4-5-8-11-17(2,3)13-19-16(20)12-14-9-6-7-10-15(14)18/h6-7,9-10H,4-5,8,11-13,18H2,1-3H3,(H,19,20). The van der Waals surface area contributed by atoms with Crippen LogP contribution in [0, 0.1) is 5.41 Å². The average Bonchev–Trinajstić information content (AvgIpc) is 2.40. The fraction of sp³-hybridized carbons (Fsp3) is 0.588. The van der Waals surface area contributed by atoms with Gasteiger partial charge in [-0.3, -0.25) is 4.79 Å². The molecule has 1 rings (SSSR count). The number of hydrogen-bond acceptors (Lipinski definition) is 2. The number of carbonyl (C=O) groups excluding carboxylic acids is 1. The highest BCUT2D eigenvalue weighted by Crippen LogP contribution is 2.22. The van der Waals surface area contributed by atoms with Crippen LogP contribution in [0.2, 0.25) is 0 Å². The van der Waals surface area contributed by atoms with Crippen molar-refractivity contribution in [1.29, 1.82) is 0 Å². The van der Waals surface area contributed by atoms with Gasteiger partial charge in [-0.25, -0.2) is 0 Å². The first-order valence-corrected chi connectivity index (χ1v) is 7.55. The van der Waals surface area contributed by atoms with Gasteiger partial charge in [-0.05, 0) is 23.5 Å². The number of unbranched alkanes of at least 4 members (excludes halogenated alkanes) is 2. The Bertz CT molecular complexity index is 427. The first-order valence-electron chi connectivity index (χ1n) is 7.55. The Hall–Kier alpha value is -1.51. The fourth-order valence-electron chi connectivity index (χ4n) is 2.21. The molecule has 0 unspecified atom stereocenters. The number of rotatable bonds is 8. The average molecular weight is 276 g/mol. The number of nitrogens with two attached hydrogens (primary N) is 1. The van der Waals surface area contributed by atoms with Crippen LogP contribution in [0.15, 0.2) is 24.3 Å². The maximum Gasteiger partial charge on any atom is 0.224 e. The van der Waals surface area contributed by atoms with Gasteiger partial charge in [0.1, 0.15) is 0 Å². The molecule has 0 aliphatic carbocycles. The van der Waals surface area contributed by atoms with E-state index in [1.54, 1.807) is 0 Å². The molecule has 3 nitrogen and oxygen atoms in total. The van der Waals surface area contributed by atoms with E-state index in [9.17, 15) is 4.79 Å². The van der Waals surface area contributed by atoms with Crippen LogP contribution >= 0.6 is 0 Å². The Labute approximate surface area is 122 Å². The molecule has 3 N–H and O–H groups in total. The van der Waals surface area contributed by atoms with Gasteiger partial charge >= 0.3 is 0 Å². The Balaban J connectivity index is 2.37. The van der Waals surface area contributed by atoms with Crippen LogP contribution in [-0.2, 0) is 11.2 Å². The van der Waals surface area contributed by atoms with Gasteiger partial charge in [0.2, 0.25) is 5.91 Å². The van der Waals surface area contributed by atoms with E-state index in [-0.39, 0.29) is 11.3 Å². The van der Waals surface area contributed by atoms with Gasteiger partial charge in [0.05, 0.1) is 6.42 Å². The van der Waals surface area contributed by atoms with E-state index in [2.05, 4.69) is 26.1 Å². The Morgan fingerprint density at radius 3 is 2.60 bits per heavy atom. The molecule has 112 valence electrons. The number of anilines is 1. The van der Waals surface area contributed by atoms with Crippen molar-refractivity contribution in [2.24, 2.45) is 5.41 Å². The lowest BCUT2D eigenvalue weighted by Crippen LogP contribution is -2.35. The topological polar surface area (TPSA) is 55.1 Å². The third-order valence-corrected chi connectivity index (χ3v) is 3.63. The van der Waals surface area contributed by atoms with E-state index >= 15 is 0 Å². The number of nitrogen functional groups attached to an aromatic ring is 1. The summed E-state index contributed by atoms with van der Waals surface area (Å²) in [4.78, 5) is 12.0. The Kier molecular flexibility index (Phi) is 6.56. The molecule has 0 aliphatic rings. The molecule has 3 heteroatoms. The van der Waals surface area contributed by atoms with Gasteiger partial charge in [-0.1, -0.05) is 58.2 Å². The highest BCUT2D eigenvalue weighted by atomic mass is 16.1. The van der Waals surface area contributed by atoms with E-state index in [0.717, 1.165) is 18.5 Å². The molecule has 0 heterocycles. The van der Waals surface area contributed by atoms with Crippen LogP contribution < -0.4 is 11.1 Å². The summed E-state index contributed by atoms with van der Waals surface area (Å²) in [7, 11) is 0. The maximum absolute atomic E-state index is 12.0. The molecule has 0 aliphatic heterocycles. The van der Waals surface area contributed by atoms with Crippen LogP contribution in [-0.4, -0.2) is 12.5 Å². The molecule has 0 spiro atoms. The zero-order chi connectivity index (χ0) is 15.0. The predicted molar refractivity (Wildman–Crippen MR) is 85.5 cm³/mol. The molecule has 1 amide bonds. The normalized spacial score (nSPS) is 11.3. The molecule has 0 bridgehead atoms. The second kappa shape index (κ2) is 7.93. The van der Waals surface area contributed by atoms with Crippen molar-refractivity contribution in [1.82, 2.24) is 5.32 Å². The van der Waals surface area contributed by atoms with Gasteiger partial charge in [-0.2, -0.15) is 0 Å². The summed E-state index contributed by atoms with van der Waals surface area (Å²) in [5.74, 6) is 0.0477. The first-order chi connectivity index (χ1) is 9.44. The highest BCUT2D eigenvalue weighted by Gasteiger charge is 2.18. The van der Waals surface area contributed by atoms with Crippen LogP contribution in [0.1, 0.15) is 52.0 Å². The lowest BCUT2D eigenvalue weighted by Gasteiger charge is -2.25. The number of carbonyl (C=O) groups is 1. The summed E-state index contributed by atoms with van der Waals surface area (Å²) < 4.78 is 0. The van der Waals surface area contributed by atoms with Gasteiger partial charge in [-0.15, -0.1) is 0 Å². The molecule has 1 aromatic rings. The summed E-state index contributed by atoms with van der Waals surface area (Å²) >= 11 is 0. The fourth-order valence-corrected chi connectivity index (χ4v) is 2.21. The maximum atomic E-state index is 12.0. The minimum Gasteiger partial charge on any atom is -0.398 e. The van der Waals surface area contributed by atoms with Crippen molar-refractivity contribution >= 4 is 11.6 Å². The summed E-state index contributed by atoms with van der Waals surface area (Å²) in [6.07, 6.45) is 5.23. The summed E-state index contributed by atoms with van der Waals surface area (Å²) in [5, 5.41) is 3.03. The van der Waals surface area contributed by atoms with Crippen molar-refractivity contribution in [3.63, 3.8) is 0 Å². The molecule has 0 saturated heterocycles. The molecule has 0 radical (unpaired) electrons. The SMILES string of the molecule is CCCCCC(C)(C)CNC(=O)Cc1ccccc1N. The van der Waals surface area contributed by atoms with Crippen molar-refractivity contribution in [2.45, 2.75) is 52.9 Å². The monoisotopic (exact) mass is 276 g/mol. The van der Waals surface area contributed by atoms with Crippen molar-refractivity contribution < 1.29 is 4.79 Å². The number of amides is 1. The Morgan fingerprint density at radius 2 is 1.95 bits per heavy atom. The predicted octanol–water partition coefficient (Wildman–Crippen LogP) is 3.53. The zero-order valence-electron chi connectivity index (χ0n) is 13.0. The number of benzene rings is 1. The van der Waals surface area contributed by atoms with Gasteiger partial charge in [0, 0.05) is 12.2 Å². The van der Waals surface area contributed by atoms with E-state index in [4.69, 9.17) is 5.73 Å². The van der Waals surface area contributed by atoms with E-state index in [1.165, 1.54) is 19.3 Å². The Morgan fingerprint density at radius 1 is 1.25 bits per heavy atom. The highest BCUT2D eigenvalue weighted by molar-refractivity contribution is 5.80. The van der Waals surface area contributed by atoms with Crippen molar-refractivity contribution in [3.05, 3.63) is 29.8 Å². The molecule has 0 fully saturated rings. The van der Waals surface area contributed by atoms with Crippen LogP contribution in [0.25, 0.3) is 0 Å². The van der Waals surface area contributed by atoms with Crippen molar-refractivity contribution in [3.8, 4) is 0 Å². The quantitative estimate of drug-likeness (QED) is 0.563. The van der Waals surface area contributed by atoms with Crippen LogP contribution in [0.4, 0.5) is 5.69 Å². The third-order valence-electron chi connectivity index (χ3n) is 3.63. The minimum atomic E-state index is 0.0477. The van der Waals surface area contributed by atoms with Gasteiger partial charge in [0.15, 0.2) is 0 Å². The second-order valence-electron chi connectivity index (χ2n) is 6.27. The van der Waals surface area contributed by atoms with Crippen LogP contribution in [0.3, 0.4) is 0 Å². The molecule has 20 heavy (non-hydrogen) atoms. The molecule has 0 atom stereocenters.